The minimum absolute atomic E-state index is 0. The first-order valence-corrected chi connectivity index (χ1v) is 10.5. The molecule has 0 radical (unpaired) electrons. The Hall–Kier alpha value is -1.80. The van der Waals surface area contributed by atoms with Crippen LogP contribution in [0.15, 0.2) is 47.4 Å². The number of nitrogens with one attached hydrogen (secondary N) is 1. The van der Waals surface area contributed by atoms with Gasteiger partial charge in [0.15, 0.2) is 0 Å². The second kappa shape index (κ2) is 8.06. The molecule has 2 heterocycles. The van der Waals surface area contributed by atoms with Gasteiger partial charge in [-0.25, -0.2) is 13.6 Å². The third-order valence-electron chi connectivity index (χ3n) is 5.23. The molecule has 0 aliphatic carbocycles. The molecule has 0 unspecified atom stereocenters. The van der Waals surface area contributed by atoms with Crippen LogP contribution in [0.2, 0.25) is 0 Å². The Morgan fingerprint density at radius 1 is 1.00 bits per heavy atom. The van der Waals surface area contributed by atoms with Crippen molar-refractivity contribution in [3.8, 4) is 0 Å². The molecule has 27 heavy (non-hydrogen) atoms. The van der Waals surface area contributed by atoms with Crippen LogP contribution in [-0.4, -0.2) is 46.0 Å². The van der Waals surface area contributed by atoms with Gasteiger partial charge in [0.25, 0.3) is 0 Å². The van der Waals surface area contributed by atoms with Gasteiger partial charge in [0, 0.05) is 50.6 Å². The van der Waals surface area contributed by atoms with Crippen LogP contribution in [0.25, 0.3) is 0 Å². The van der Waals surface area contributed by atoms with Crippen LogP contribution < -0.4 is 15.4 Å². The van der Waals surface area contributed by atoms with Crippen molar-refractivity contribution in [2.24, 2.45) is 5.14 Å². The van der Waals surface area contributed by atoms with Crippen molar-refractivity contribution in [1.82, 2.24) is 4.90 Å². The van der Waals surface area contributed by atoms with Crippen LogP contribution in [0, 0.1) is 0 Å². The number of piperazine rings is 1. The van der Waals surface area contributed by atoms with E-state index in [0.717, 1.165) is 51.4 Å². The summed E-state index contributed by atoms with van der Waals surface area (Å²) >= 11 is 0. The molecular weight excluding hydrogens is 384 g/mol. The zero-order chi connectivity index (χ0) is 18.1. The van der Waals surface area contributed by atoms with E-state index in [4.69, 9.17) is 5.14 Å². The lowest BCUT2D eigenvalue weighted by atomic mass is 10.1. The van der Waals surface area contributed by atoms with Gasteiger partial charge in [0.2, 0.25) is 10.0 Å². The molecule has 146 valence electrons. The number of para-hydroxylation sites is 1. The third-order valence-corrected chi connectivity index (χ3v) is 6.16. The third kappa shape index (κ3) is 4.38. The van der Waals surface area contributed by atoms with Gasteiger partial charge in [-0.05, 0) is 41.8 Å². The molecule has 0 spiro atoms. The molecule has 3 N–H and O–H groups in total. The summed E-state index contributed by atoms with van der Waals surface area (Å²) < 4.78 is 22.7. The molecule has 8 heteroatoms. The topological polar surface area (TPSA) is 78.7 Å². The highest BCUT2D eigenvalue weighted by Crippen LogP contribution is 2.28. The lowest BCUT2D eigenvalue weighted by Gasteiger charge is -2.36. The van der Waals surface area contributed by atoms with Crippen LogP contribution in [-0.2, 0) is 23.0 Å². The predicted octanol–water partition coefficient (Wildman–Crippen LogP) is 2.05. The monoisotopic (exact) mass is 408 g/mol. The van der Waals surface area contributed by atoms with E-state index >= 15 is 0 Å². The molecule has 6 nitrogen and oxygen atoms in total. The standard InChI is InChI=1S/C19H24N4O2S.ClH/c20-26(24,25)18-6-4-17(5-7-18)23-12-10-22(11-13-23)14-16-3-1-2-15-8-9-21-19(15)16;/h1-7,21H,8-14H2,(H2,20,24,25);1H. The van der Waals surface area contributed by atoms with Crippen molar-refractivity contribution in [2.75, 3.05) is 42.9 Å². The highest BCUT2D eigenvalue weighted by Gasteiger charge is 2.20. The quantitative estimate of drug-likeness (QED) is 0.809. The summed E-state index contributed by atoms with van der Waals surface area (Å²) in [6.07, 6.45) is 1.12. The number of rotatable bonds is 4. The fourth-order valence-corrected chi connectivity index (χ4v) is 4.31. The normalized spacial score (nSPS) is 17.1. The Kier molecular flexibility index (Phi) is 5.95. The SMILES string of the molecule is Cl.NS(=O)(=O)c1ccc(N2CCN(Cc3cccc4c3NCC4)CC2)cc1. The zero-order valence-electron chi connectivity index (χ0n) is 15.1. The minimum Gasteiger partial charge on any atom is -0.384 e. The van der Waals surface area contributed by atoms with Crippen LogP contribution in [0.3, 0.4) is 0 Å². The fraction of sp³-hybridized carbons (Fsp3) is 0.368. The second-order valence-electron chi connectivity index (χ2n) is 6.93. The summed E-state index contributed by atoms with van der Waals surface area (Å²) in [7, 11) is -3.63. The molecule has 0 aromatic heterocycles. The van der Waals surface area contributed by atoms with Crippen molar-refractivity contribution in [1.29, 1.82) is 0 Å². The van der Waals surface area contributed by atoms with E-state index in [1.54, 1.807) is 12.1 Å². The van der Waals surface area contributed by atoms with Crippen molar-refractivity contribution in [2.45, 2.75) is 17.9 Å². The molecular formula is C19H25ClN4O2S. The average molecular weight is 409 g/mol. The van der Waals surface area contributed by atoms with Crippen LogP contribution in [0.5, 0.6) is 0 Å². The summed E-state index contributed by atoms with van der Waals surface area (Å²) in [5.74, 6) is 0. The highest BCUT2D eigenvalue weighted by atomic mass is 35.5. The number of nitrogens with zero attached hydrogens (tertiary/aromatic N) is 2. The first kappa shape index (κ1) is 19.9. The predicted molar refractivity (Wildman–Crippen MR) is 111 cm³/mol. The number of primary sulfonamides is 1. The molecule has 1 fully saturated rings. The second-order valence-corrected chi connectivity index (χ2v) is 8.49. The van der Waals surface area contributed by atoms with E-state index < -0.39 is 10.0 Å². The summed E-state index contributed by atoms with van der Waals surface area (Å²) in [5.41, 5.74) is 5.18. The maximum Gasteiger partial charge on any atom is 0.238 e. The molecule has 1 saturated heterocycles. The number of anilines is 2. The highest BCUT2D eigenvalue weighted by molar-refractivity contribution is 7.89. The van der Waals surface area contributed by atoms with Crippen LogP contribution in [0.4, 0.5) is 11.4 Å². The summed E-state index contributed by atoms with van der Waals surface area (Å²) in [5, 5.41) is 8.68. The van der Waals surface area contributed by atoms with Crippen molar-refractivity contribution in [3.63, 3.8) is 0 Å². The Morgan fingerprint density at radius 2 is 1.70 bits per heavy atom. The zero-order valence-corrected chi connectivity index (χ0v) is 16.7. The Balaban J connectivity index is 0.00000210. The number of sulfonamides is 1. The number of nitrogens with two attached hydrogens (primary N) is 1. The van der Waals surface area contributed by atoms with Gasteiger partial charge in [-0.1, -0.05) is 18.2 Å². The van der Waals surface area contributed by atoms with E-state index in [0.29, 0.717) is 0 Å². The van der Waals surface area contributed by atoms with Gasteiger partial charge < -0.3 is 10.2 Å². The van der Waals surface area contributed by atoms with Gasteiger partial charge in [-0.2, -0.15) is 0 Å². The molecule has 0 amide bonds. The summed E-state index contributed by atoms with van der Waals surface area (Å²) in [6, 6.07) is 13.4. The first-order valence-electron chi connectivity index (χ1n) is 8.95. The lowest BCUT2D eigenvalue weighted by Crippen LogP contribution is -2.46. The lowest BCUT2D eigenvalue weighted by molar-refractivity contribution is 0.250. The van der Waals surface area contributed by atoms with E-state index in [2.05, 4.69) is 33.3 Å². The first-order chi connectivity index (χ1) is 12.5. The number of hydrogen-bond donors (Lipinski definition) is 2. The van der Waals surface area contributed by atoms with Gasteiger partial charge in [0.1, 0.15) is 0 Å². The molecule has 2 aromatic rings. The van der Waals surface area contributed by atoms with E-state index in [9.17, 15) is 8.42 Å². The Bertz CT molecular complexity index is 894. The molecule has 0 bridgehead atoms. The largest absolute Gasteiger partial charge is 0.384 e. The Labute approximate surface area is 166 Å². The van der Waals surface area contributed by atoms with E-state index in [1.165, 1.54) is 16.8 Å². The fourth-order valence-electron chi connectivity index (χ4n) is 3.79. The smallest absolute Gasteiger partial charge is 0.238 e. The minimum atomic E-state index is -3.63. The summed E-state index contributed by atoms with van der Waals surface area (Å²) in [6.45, 7) is 5.83. The van der Waals surface area contributed by atoms with E-state index in [1.807, 2.05) is 12.1 Å². The van der Waals surface area contributed by atoms with Crippen LogP contribution in [0.1, 0.15) is 11.1 Å². The molecule has 2 aliphatic rings. The van der Waals surface area contributed by atoms with Crippen LogP contribution >= 0.6 is 12.4 Å². The number of benzene rings is 2. The maximum absolute atomic E-state index is 11.4. The van der Waals surface area contributed by atoms with Crippen molar-refractivity contribution >= 4 is 33.8 Å². The maximum atomic E-state index is 11.4. The molecule has 0 saturated carbocycles. The number of hydrogen-bond acceptors (Lipinski definition) is 5. The van der Waals surface area contributed by atoms with Crippen molar-refractivity contribution in [3.05, 3.63) is 53.6 Å². The van der Waals surface area contributed by atoms with Gasteiger partial charge >= 0.3 is 0 Å². The van der Waals surface area contributed by atoms with Crippen molar-refractivity contribution < 1.29 is 8.42 Å². The number of fused-ring (bicyclic) bond motifs is 1. The Morgan fingerprint density at radius 3 is 2.37 bits per heavy atom. The molecule has 4 rings (SSSR count). The molecule has 0 atom stereocenters. The van der Waals surface area contributed by atoms with Gasteiger partial charge in [-0.3, -0.25) is 4.90 Å². The summed E-state index contributed by atoms with van der Waals surface area (Å²) in [4.78, 5) is 4.92. The van der Waals surface area contributed by atoms with Gasteiger partial charge in [-0.15, -0.1) is 12.4 Å². The number of halogens is 1. The van der Waals surface area contributed by atoms with E-state index in [-0.39, 0.29) is 17.3 Å². The average Bonchev–Trinajstić information content (AvgIpc) is 3.12. The molecule has 2 aliphatic heterocycles. The van der Waals surface area contributed by atoms with Gasteiger partial charge in [0.05, 0.1) is 4.90 Å². The molecule has 2 aromatic carbocycles.